The van der Waals surface area contributed by atoms with Gasteiger partial charge in [0.05, 0.1) is 24.1 Å². The van der Waals surface area contributed by atoms with Crippen LogP contribution in [0.1, 0.15) is 13.8 Å². The molecule has 100 valence electrons. The van der Waals surface area contributed by atoms with E-state index in [1.54, 1.807) is 17.1 Å². The van der Waals surface area contributed by atoms with Gasteiger partial charge in [-0.25, -0.2) is 4.68 Å². The lowest BCUT2D eigenvalue weighted by Crippen LogP contribution is -2.39. The summed E-state index contributed by atoms with van der Waals surface area (Å²) in [6.45, 7) is 3.83. The quantitative estimate of drug-likeness (QED) is 0.863. The highest BCUT2D eigenvalue weighted by Gasteiger charge is 2.16. The van der Waals surface area contributed by atoms with E-state index in [1.807, 2.05) is 38.1 Å². The molecule has 1 amide bonds. The maximum absolute atomic E-state index is 11.8. The SMILES string of the molecule is CC(C)[C@H](N)C(=O)Nc1ccc(-n2ccnn2)cc1. The van der Waals surface area contributed by atoms with Crippen molar-refractivity contribution >= 4 is 11.6 Å². The highest BCUT2D eigenvalue weighted by molar-refractivity contribution is 5.94. The number of anilines is 1. The molecule has 1 atom stereocenters. The van der Waals surface area contributed by atoms with Gasteiger partial charge in [-0.15, -0.1) is 5.10 Å². The molecule has 2 aromatic rings. The Balaban J connectivity index is 2.05. The highest BCUT2D eigenvalue weighted by Crippen LogP contribution is 2.13. The molecule has 0 aliphatic heterocycles. The minimum Gasteiger partial charge on any atom is -0.325 e. The molecule has 0 unspecified atom stereocenters. The number of carbonyl (C=O) groups excluding carboxylic acids is 1. The first-order valence-corrected chi connectivity index (χ1v) is 6.11. The number of rotatable bonds is 4. The van der Waals surface area contributed by atoms with E-state index < -0.39 is 6.04 Å². The summed E-state index contributed by atoms with van der Waals surface area (Å²) in [6.07, 6.45) is 3.36. The summed E-state index contributed by atoms with van der Waals surface area (Å²) in [5.41, 5.74) is 7.37. The minimum absolute atomic E-state index is 0.106. The number of amides is 1. The zero-order chi connectivity index (χ0) is 13.8. The highest BCUT2D eigenvalue weighted by atomic mass is 16.2. The Labute approximate surface area is 111 Å². The van der Waals surface area contributed by atoms with Crippen LogP contribution in [0.5, 0.6) is 0 Å². The van der Waals surface area contributed by atoms with E-state index >= 15 is 0 Å². The van der Waals surface area contributed by atoms with Crippen LogP contribution < -0.4 is 11.1 Å². The molecule has 0 radical (unpaired) electrons. The molecular weight excluding hydrogens is 242 g/mol. The maximum Gasteiger partial charge on any atom is 0.241 e. The molecule has 1 heterocycles. The zero-order valence-corrected chi connectivity index (χ0v) is 10.9. The van der Waals surface area contributed by atoms with Crippen LogP contribution in [0.25, 0.3) is 5.69 Å². The van der Waals surface area contributed by atoms with E-state index in [0.29, 0.717) is 5.69 Å². The molecule has 2 rings (SSSR count). The lowest BCUT2D eigenvalue weighted by molar-refractivity contribution is -0.118. The molecule has 0 aliphatic carbocycles. The molecule has 1 aromatic carbocycles. The second kappa shape index (κ2) is 5.62. The molecule has 19 heavy (non-hydrogen) atoms. The van der Waals surface area contributed by atoms with E-state index in [4.69, 9.17) is 5.73 Å². The van der Waals surface area contributed by atoms with Crippen molar-refractivity contribution in [1.82, 2.24) is 15.0 Å². The summed E-state index contributed by atoms with van der Waals surface area (Å²) in [5, 5.41) is 10.4. The number of aromatic nitrogens is 3. The van der Waals surface area contributed by atoms with Gasteiger partial charge in [0.1, 0.15) is 0 Å². The summed E-state index contributed by atoms with van der Waals surface area (Å²) < 4.78 is 1.64. The predicted octanol–water partition coefficient (Wildman–Crippen LogP) is 1.19. The Morgan fingerprint density at radius 2 is 2.00 bits per heavy atom. The molecule has 6 heteroatoms. The topological polar surface area (TPSA) is 85.8 Å². The summed E-state index contributed by atoms with van der Waals surface area (Å²) in [6, 6.07) is 6.82. The maximum atomic E-state index is 11.8. The Bertz CT molecular complexity index is 533. The molecule has 6 nitrogen and oxygen atoms in total. The number of hydrogen-bond acceptors (Lipinski definition) is 4. The fourth-order valence-corrected chi connectivity index (χ4v) is 1.57. The van der Waals surface area contributed by atoms with E-state index in [0.717, 1.165) is 5.69 Å². The van der Waals surface area contributed by atoms with Gasteiger partial charge in [-0.2, -0.15) is 0 Å². The van der Waals surface area contributed by atoms with Crippen LogP contribution in [-0.4, -0.2) is 26.9 Å². The first kappa shape index (κ1) is 13.2. The molecule has 0 spiro atoms. The van der Waals surface area contributed by atoms with Crippen molar-refractivity contribution in [2.45, 2.75) is 19.9 Å². The Morgan fingerprint density at radius 3 is 2.53 bits per heavy atom. The summed E-state index contributed by atoms with van der Waals surface area (Å²) >= 11 is 0. The Kier molecular flexibility index (Phi) is 3.91. The van der Waals surface area contributed by atoms with Crippen LogP contribution in [0.3, 0.4) is 0 Å². The smallest absolute Gasteiger partial charge is 0.241 e. The molecule has 0 saturated carbocycles. The standard InChI is InChI=1S/C13H17N5O/c1-9(2)12(14)13(19)16-10-3-5-11(6-4-10)18-8-7-15-17-18/h3-9,12H,14H2,1-2H3,(H,16,19)/t12-/m0/s1. The van der Waals surface area contributed by atoms with Crippen molar-refractivity contribution in [3.8, 4) is 5.69 Å². The Hall–Kier alpha value is -2.21. The van der Waals surface area contributed by atoms with Gasteiger partial charge < -0.3 is 11.1 Å². The second-order valence-electron chi connectivity index (χ2n) is 4.65. The summed E-state index contributed by atoms with van der Waals surface area (Å²) in [4.78, 5) is 11.8. The number of benzene rings is 1. The average molecular weight is 259 g/mol. The second-order valence-corrected chi connectivity index (χ2v) is 4.65. The monoisotopic (exact) mass is 259 g/mol. The van der Waals surface area contributed by atoms with Crippen molar-refractivity contribution in [3.63, 3.8) is 0 Å². The lowest BCUT2D eigenvalue weighted by Gasteiger charge is -2.15. The largest absolute Gasteiger partial charge is 0.325 e. The average Bonchev–Trinajstić information content (AvgIpc) is 2.92. The van der Waals surface area contributed by atoms with Gasteiger partial charge in [0.25, 0.3) is 0 Å². The number of nitrogens with zero attached hydrogens (tertiary/aromatic N) is 3. The molecule has 0 fully saturated rings. The zero-order valence-electron chi connectivity index (χ0n) is 10.9. The number of nitrogens with one attached hydrogen (secondary N) is 1. The van der Waals surface area contributed by atoms with Crippen LogP contribution in [-0.2, 0) is 4.79 Å². The van der Waals surface area contributed by atoms with Crippen molar-refractivity contribution in [2.75, 3.05) is 5.32 Å². The van der Waals surface area contributed by atoms with Gasteiger partial charge in [0, 0.05) is 5.69 Å². The van der Waals surface area contributed by atoms with Gasteiger partial charge in [0.15, 0.2) is 0 Å². The normalized spacial score (nSPS) is 12.4. The van der Waals surface area contributed by atoms with Crippen molar-refractivity contribution in [3.05, 3.63) is 36.7 Å². The predicted molar refractivity (Wildman–Crippen MR) is 72.8 cm³/mol. The first-order chi connectivity index (χ1) is 9.08. The summed E-state index contributed by atoms with van der Waals surface area (Å²) in [5.74, 6) is -0.0714. The van der Waals surface area contributed by atoms with Crippen molar-refractivity contribution < 1.29 is 4.79 Å². The van der Waals surface area contributed by atoms with E-state index in [-0.39, 0.29) is 11.8 Å². The van der Waals surface area contributed by atoms with Gasteiger partial charge in [-0.1, -0.05) is 19.1 Å². The van der Waals surface area contributed by atoms with Gasteiger partial charge >= 0.3 is 0 Å². The third-order valence-electron chi connectivity index (χ3n) is 2.84. The van der Waals surface area contributed by atoms with E-state index in [1.165, 1.54) is 0 Å². The van der Waals surface area contributed by atoms with Gasteiger partial charge in [0.2, 0.25) is 5.91 Å². The van der Waals surface area contributed by atoms with Crippen molar-refractivity contribution in [1.29, 1.82) is 0 Å². The van der Waals surface area contributed by atoms with E-state index in [2.05, 4.69) is 15.6 Å². The fraction of sp³-hybridized carbons (Fsp3) is 0.308. The fourth-order valence-electron chi connectivity index (χ4n) is 1.57. The summed E-state index contributed by atoms with van der Waals surface area (Å²) in [7, 11) is 0. The lowest BCUT2D eigenvalue weighted by atomic mass is 10.0. The first-order valence-electron chi connectivity index (χ1n) is 6.11. The number of hydrogen-bond donors (Lipinski definition) is 2. The van der Waals surface area contributed by atoms with Crippen molar-refractivity contribution in [2.24, 2.45) is 11.7 Å². The molecule has 0 bridgehead atoms. The van der Waals surface area contributed by atoms with Crippen LogP contribution in [0.2, 0.25) is 0 Å². The molecule has 0 saturated heterocycles. The Morgan fingerprint density at radius 1 is 1.32 bits per heavy atom. The number of nitrogens with two attached hydrogens (primary N) is 1. The van der Waals surface area contributed by atoms with E-state index in [9.17, 15) is 4.79 Å². The van der Waals surface area contributed by atoms with Gasteiger partial charge in [-0.3, -0.25) is 4.79 Å². The molecule has 0 aliphatic rings. The van der Waals surface area contributed by atoms with Crippen LogP contribution in [0.4, 0.5) is 5.69 Å². The minimum atomic E-state index is -0.505. The van der Waals surface area contributed by atoms with Crippen LogP contribution in [0.15, 0.2) is 36.7 Å². The third-order valence-corrected chi connectivity index (χ3v) is 2.84. The molecular formula is C13H17N5O. The van der Waals surface area contributed by atoms with Gasteiger partial charge in [-0.05, 0) is 30.2 Å². The van der Waals surface area contributed by atoms with Crippen LogP contribution >= 0.6 is 0 Å². The molecule has 1 aromatic heterocycles. The third kappa shape index (κ3) is 3.17. The molecule has 3 N–H and O–H groups in total. The van der Waals surface area contributed by atoms with Crippen LogP contribution in [0, 0.1) is 5.92 Å². The number of carbonyl (C=O) groups is 1.